The van der Waals surface area contributed by atoms with Gasteiger partial charge in [-0.3, -0.25) is 4.79 Å². The van der Waals surface area contributed by atoms with Crippen molar-refractivity contribution in [2.75, 3.05) is 16.8 Å². The number of nitrogens with one attached hydrogen (secondary N) is 1. The molecule has 0 unspecified atom stereocenters. The number of thioether (sulfide) groups is 1. The quantitative estimate of drug-likeness (QED) is 0.795. The van der Waals surface area contributed by atoms with Crippen LogP contribution in [0.5, 0.6) is 0 Å². The molecule has 1 aromatic carbocycles. The molecule has 3 N–H and O–H groups in total. The van der Waals surface area contributed by atoms with Crippen molar-refractivity contribution in [3.8, 4) is 12.1 Å². The van der Waals surface area contributed by atoms with E-state index in [4.69, 9.17) is 22.6 Å². The van der Waals surface area contributed by atoms with Gasteiger partial charge in [-0.05, 0) is 37.1 Å². The first-order valence-electron chi connectivity index (χ1n) is 7.16. The van der Waals surface area contributed by atoms with Crippen molar-refractivity contribution in [3.05, 3.63) is 45.5 Å². The summed E-state index contributed by atoms with van der Waals surface area (Å²) in [6.07, 6.45) is 0. The molecule has 0 bridgehead atoms. The average molecular weight is 372 g/mol. The van der Waals surface area contributed by atoms with E-state index in [-0.39, 0.29) is 28.6 Å². The largest absolute Gasteiger partial charge is 0.383 e. The van der Waals surface area contributed by atoms with Crippen molar-refractivity contribution in [3.63, 3.8) is 0 Å². The summed E-state index contributed by atoms with van der Waals surface area (Å²) >= 11 is 7.12. The maximum Gasteiger partial charge on any atom is 0.234 e. The molecule has 0 aliphatic heterocycles. The second-order valence-electron chi connectivity index (χ2n) is 5.20. The summed E-state index contributed by atoms with van der Waals surface area (Å²) < 4.78 is 0. The second kappa shape index (κ2) is 7.89. The van der Waals surface area contributed by atoms with E-state index in [0.717, 1.165) is 17.3 Å². The van der Waals surface area contributed by atoms with E-state index in [0.29, 0.717) is 21.3 Å². The predicted octanol–water partition coefficient (Wildman–Crippen LogP) is 3.41. The van der Waals surface area contributed by atoms with Gasteiger partial charge in [-0.1, -0.05) is 29.4 Å². The maximum atomic E-state index is 12.1. The number of halogens is 1. The molecule has 1 amide bonds. The van der Waals surface area contributed by atoms with Crippen molar-refractivity contribution < 1.29 is 4.79 Å². The molecule has 0 radical (unpaired) electrons. The Hall–Kier alpha value is -2.74. The third kappa shape index (κ3) is 4.21. The highest BCUT2D eigenvalue weighted by atomic mass is 35.5. The number of nitrogens with zero attached hydrogens (tertiary/aromatic N) is 3. The Morgan fingerprint density at radius 1 is 1.32 bits per heavy atom. The van der Waals surface area contributed by atoms with Gasteiger partial charge in [0.1, 0.15) is 23.0 Å². The van der Waals surface area contributed by atoms with Gasteiger partial charge in [0.05, 0.1) is 16.9 Å². The predicted molar refractivity (Wildman–Crippen MR) is 98.4 cm³/mol. The monoisotopic (exact) mass is 371 g/mol. The minimum Gasteiger partial charge on any atom is -0.383 e. The summed E-state index contributed by atoms with van der Waals surface area (Å²) in [4.78, 5) is 16.2. The minimum atomic E-state index is -0.267. The third-order valence-corrected chi connectivity index (χ3v) is 4.84. The van der Waals surface area contributed by atoms with E-state index in [2.05, 4.69) is 10.3 Å². The Kier molecular flexibility index (Phi) is 5.87. The van der Waals surface area contributed by atoms with Crippen LogP contribution in [0.25, 0.3) is 0 Å². The van der Waals surface area contributed by atoms with Gasteiger partial charge in [0.15, 0.2) is 0 Å². The summed E-state index contributed by atoms with van der Waals surface area (Å²) in [6, 6.07) is 9.18. The Balaban J connectivity index is 2.13. The Morgan fingerprint density at radius 3 is 2.60 bits per heavy atom. The molecule has 0 saturated carbocycles. The minimum absolute atomic E-state index is 0.0396. The zero-order valence-electron chi connectivity index (χ0n) is 13.6. The van der Waals surface area contributed by atoms with Crippen LogP contribution in [0.4, 0.5) is 11.5 Å². The van der Waals surface area contributed by atoms with E-state index in [1.807, 2.05) is 25.1 Å². The van der Waals surface area contributed by atoms with Gasteiger partial charge in [-0.2, -0.15) is 10.5 Å². The number of hydrogen-bond donors (Lipinski definition) is 2. The van der Waals surface area contributed by atoms with Gasteiger partial charge in [-0.25, -0.2) is 4.98 Å². The molecule has 2 aromatic rings. The highest BCUT2D eigenvalue weighted by Gasteiger charge is 2.17. The molecular formula is C17H14ClN5OS. The van der Waals surface area contributed by atoms with Crippen LogP contribution in [-0.2, 0) is 4.79 Å². The Labute approximate surface area is 154 Å². The van der Waals surface area contributed by atoms with Gasteiger partial charge in [0, 0.05) is 10.7 Å². The number of benzene rings is 1. The number of aryl methyl sites for hydroxylation is 1. The van der Waals surface area contributed by atoms with Crippen molar-refractivity contribution in [1.82, 2.24) is 4.98 Å². The molecule has 0 atom stereocenters. The fourth-order valence-corrected chi connectivity index (χ4v) is 3.10. The SMILES string of the molecule is Cc1ccc(NC(=O)CSc2nc(N)c(C#N)c(C)c2C#N)cc1Cl. The number of rotatable bonds is 4. The van der Waals surface area contributed by atoms with Gasteiger partial charge in [0.2, 0.25) is 5.91 Å². The molecule has 6 nitrogen and oxygen atoms in total. The van der Waals surface area contributed by atoms with Gasteiger partial charge in [0.25, 0.3) is 0 Å². The number of carbonyl (C=O) groups is 1. The van der Waals surface area contributed by atoms with Crippen molar-refractivity contribution >= 4 is 40.8 Å². The second-order valence-corrected chi connectivity index (χ2v) is 6.57. The third-order valence-electron chi connectivity index (χ3n) is 3.46. The molecule has 1 aromatic heterocycles. The van der Waals surface area contributed by atoms with E-state index in [9.17, 15) is 10.1 Å². The first-order valence-corrected chi connectivity index (χ1v) is 8.52. The van der Waals surface area contributed by atoms with Crippen LogP contribution < -0.4 is 11.1 Å². The van der Waals surface area contributed by atoms with Crippen molar-refractivity contribution in [2.45, 2.75) is 18.9 Å². The molecule has 1 heterocycles. The molecule has 8 heteroatoms. The van der Waals surface area contributed by atoms with Gasteiger partial charge >= 0.3 is 0 Å². The Morgan fingerprint density at radius 2 is 2.00 bits per heavy atom. The zero-order valence-corrected chi connectivity index (χ0v) is 15.1. The fraction of sp³-hybridized carbons (Fsp3) is 0.176. The van der Waals surface area contributed by atoms with E-state index in [1.165, 1.54) is 0 Å². The van der Waals surface area contributed by atoms with E-state index >= 15 is 0 Å². The number of aromatic nitrogens is 1. The van der Waals surface area contributed by atoms with Gasteiger partial charge < -0.3 is 11.1 Å². The number of hydrogen-bond acceptors (Lipinski definition) is 6. The van der Waals surface area contributed by atoms with Gasteiger partial charge in [-0.15, -0.1) is 0 Å². The van der Waals surface area contributed by atoms with E-state index < -0.39 is 0 Å². The molecule has 2 rings (SSSR count). The number of nitrogens with two attached hydrogens (primary N) is 1. The molecule has 126 valence electrons. The van der Waals surface area contributed by atoms with Crippen LogP contribution in [0.1, 0.15) is 22.3 Å². The number of nitriles is 2. The smallest absolute Gasteiger partial charge is 0.234 e. The lowest BCUT2D eigenvalue weighted by atomic mass is 10.1. The molecule has 0 spiro atoms. The first kappa shape index (κ1) is 18.6. The molecule has 0 fully saturated rings. The zero-order chi connectivity index (χ0) is 18.6. The highest BCUT2D eigenvalue weighted by molar-refractivity contribution is 8.00. The molecular weight excluding hydrogens is 358 g/mol. The van der Waals surface area contributed by atoms with Crippen molar-refractivity contribution in [1.29, 1.82) is 10.5 Å². The highest BCUT2D eigenvalue weighted by Crippen LogP contribution is 2.28. The summed E-state index contributed by atoms with van der Waals surface area (Å²) in [5, 5.41) is 22.0. The lowest BCUT2D eigenvalue weighted by molar-refractivity contribution is -0.113. The van der Waals surface area contributed by atoms with Crippen molar-refractivity contribution in [2.24, 2.45) is 0 Å². The van der Waals surface area contributed by atoms with Crippen LogP contribution in [0.2, 0.25) is 5.02 Å². The fourth-order valence-electron chi connectivity index (χ4n) is 2.08. The molecule has 25 heavy (non-hydrogen) atoms. The lowest BCUT2D eigenvalue weighted by Crippen LogP contribution is -2.14. The number of carbonyl (C=O) groups excluding carboxylic acids is 1. The number of anilines is 2. The number of nitrogen functional groups attached to an aromatic ring is 1. The molecule has 0 aliphatic rings. The van der Waals surface area contributed by atoms with Crippen LogP contribution in [-0.4, -0.2) is 16.6 Å². The van der Waals surface area contributed by atoms with E-state index in [1.54, 1.807) is 19.1 Å². The standard InChI is InChI=1S/C17H14ClN5OS/c1-9-3-4-11(5-14(9)18)22-15(24)8-25-17-13(7-20)10(2)12(6-19)16(21)23-17/h3-5H,8H2,1-2H3,(H2,21,23)(H,22,24). The summed E-state index contributed by atoms with van der Waals surface area (Å²) in [7, 11) is 0. The van der Waals surface area contributed by atoms with Crippen LogP contribution in [0, 0.1) is 36.5 Å². The average Bonchev–Trinajstić information content (AvgIpc) is 2.56. The molecule has 0 aliphatic carbocycles. The topological polar surface area (TPSA) is 116 Å². The number of amides is 1. The Bertz CT molecular complexity index is 930. The first-order chi connectivity index (χ1) is 11.9. The summed E-state index contributed by atoms with van der Waals surface area (Å²) in [5.74, 6) is -0.179. The molecule has 0 saturated heterocycles. The lowest BCUT2D eigenvalue weighted by Gasteiger charge is -2.10. The van der Waals surface area contributed by atoms with Crippen LogP contribution in [0.3, 0.4) is 0 Å². The summed E-state index contributed by atoms with van der Waals surface area (Å²) in [6.45, 7) is 3.50. The normalized spacial score (nSPS) is 9.96. The van der Waals surface area contributed by atoms with Crippen LogP contribution in [0.15, 0.2) is 23.2 Å². The summed E-state index contributed by atoms with van der Waals surface area (Å²) in [5.41, 5.74) is 8.15. The maximum absolute atomic E-state index is 12.1. The number of pyridine rings is 1. The van der Waals surface area contributed by atoms with Crippen LogP contribution >= 0.6 is 23.4 Å².